The molecule has 0 spiro atoms. The molecule has 3 N–H and O–H groups in total. The Balaban J connectivity index is -0.000000720. The molecule has 0 aromatic rings. The predicted molar refractivity (Wildman–Crippen MR) is 34.5 cm³/mol. The molecule has 0 amide bonds. The van der Waals surface area contributed by atoms with Crippen molar-refractivity contribution in [3.8, 4) is 0 Å². The fraction of sp³-hybridized carbons (Fsp3) is 0.500. The Morgan fingerprint density at radius 1 is 1.13 bits per heavy atom. The zero-order chi connectivity index (χ0) is 10.6. The van der Waals surface area contributed by atoms with E-state index in [1.807, 2.05) is 0 Å². The first-order valence-electron chi connectivity index (χ1n) is 3.15. The summed E-state index contributed by atoms with van der Waals surface area (Å²) in [4.78, 5) is 30.3. The zero-order valence-electron chi connectivity index (χ0n) is 7.72. The van der Waals surface area contributed by atoms with Gasteiger partial charge in [-0.3, -0.25) is 4.79 Å². The van der Waals surface area contributed by atoms with Crippen molar-refractivity contribution in [3.63, 3.8) is 0 Å². The maximum absolute atomic E-state index is 10.3. The van der Waals surface area contributed by atoms with Gasteiger partial charge in [0.25, 0.3) is 0 Å². The Hall–Kier alpha value is 0.513. The molecule has 1 unspecified atom stereocenters. The molecule has 7 nitrogen and oxygen atoms in total. The standard InChI is InChI=1S/C6H8O7.Co.K/c7-3(8)1-6(13,5(11)12)2-4(9)10;;/h13H,1-2H2,(H,7,8)(H,9,10)(H,11,12);;/q;;+1/p-1. The molecule has 0 aliphatic rings. The number of aliphatic carboxylic acids is 3. The van der Waals surface area contributed by atoms with E-state index in [0.29, 0.717) is 0 Å². The average Bonchev–Trinajstić information content (AvgIpc) is 1.82. The van der Waals surface area contributed by atoms with Gasteiger partial charge in [-0.1, -0.05) is 0 Å². The van der Waals surface area contributed by atoms with Crippen LogP contribution in [0.4, 0.5) is 0 Å². The maximum Gasteiger partial charge on any atom is 1.00 e. The van der Waals surface area contributed by atoms with Crippen molar-refractivity contribution in [2.75, 3.05) is 0 Å². The van der Waals surface area contributed by atoms with Gasteiger partial charge in [0.05, 0.1) is 6.42 Å². The van der Waals surface area contributed by atoms with E-state index in [0.717, 1.165) is 0 Å². The van der Waals surface area contributed by atoms with Gasteiger partial charge < -0.3 is 25.2 Å². The van der Waals surface area contributed by atoms with E-state index in [4.69, 9.17) is 15.3 Å². The summed E-state index contributed by atoms with van der Waals surface area (Å²) in [5.74, 6) is -5.34. The van der Waals surface area contributed by atoms with Crippen molar-refractivity contribution in [1.29, 1.82) is 0 Å². The molecule has 9 heteroatoms. The van der Waals surface area contributed by atoms with Crippen molar-refractivity contribution in [2.45, 2.75) is 18.4 Å². The average molecular weight is 289 g/mol. The third-order valence-corrected chi connectivity index (χ3v) is 1.28. The summed E-state index contributed by atoms with van der Waals surface area (Å²) in [6.07, 6.45) is -2.44. The van der Waals surface area contributed by atoms with Gasteiger partial charge in [0.1, 0.15) is 0 Å². The molecule has 1 atom stereocenters. The van der Waals surface area contributed by atoms with Crippen LogP contribution >= 0.6 is 0 Å². The van der Waals surface area contributed by atoms with E-state index >= 15 is 0 Å². The van der Waals surface area contributed by atoms with Crippen LogP contribution in [-0.2, 0) is 31.2 Å². The van der Waals surface area contributed by atoms with Gasteiger partial charge in [-0.25, -0.2) is 4.79 Å². The summed E-state index contributed by atoms with van der Waals surface area (Å²) in [6, 6.07) is 0. The third-order valence-electron chi connectivity index (χ3n) is 1.28. The summed E-state index contributed by atoms with van der Waals surface area (Å²) < 4.78 is 0. The van der Waals surface area contributed by atoms with Crippen LogP contribution in [0.3, 0.4) is 0 Å². The van der Waals surface area contributed by atoms with Crippen molar-refractivity contribution in [3.05, 3.63) is 0 Å². The van der Waals surface area contributed by atoms with Crippen LogP contribution < -0.4 is 56.5 Å². The molecule has 0 rings (SSSR count). The van der Waals surface area contributed by atoms with Crippen LogP contribution in [0, 0.1) is 0 Å². The number of carboxylic acid groups (broad SMARTS) is 3. The molecule has 83 valence electrons. The molecule has 0 fully saturated rings. The van der Waals surface area contributed by atoms with Gasteiger partial charge in [-0.15, -0.1) is 0 Å². The number of rotatable bonds is 5. The number of carboxylic acids is 3. The quantitative estimate of drug-likeness (QED) is 0.429. The van der Waals surface area contributed by atoms with Crippen LogP contribution in [0.2, 0.25) is 0 Å². The molecule has 0 aliphatic heterocycles. The van der Waals surface area contributed by atoms with Gasteiger partial charge in [-0.2, -0.15) is 0 Å². The number of carbonyl (C=O) groups excluding carboxylic acids is 1. The molecule has 0 aromatic carbocycles. The van der Waals surface area contributed by atoms with E-state index < -0.39 is 36.4 Å². The van der Waals surface area contributed by atoms with E-state index in [9.17, 15) is 19.5 Å². The molecule has 0 saturated carbocycles. The number of carbonyl (C=O) groups is 3. The van der Waals surface area contributed by atoms with E-state index in [1.165, 1.54) is 0 Å². The normalized spacial score (nSPS) is 12.6. The Morgan fingerprint density at radius 3 is 1.73 bits per heavy atom. The molecular weight excluding hydrogens is 282 g/mol. The molecule has 0 saturated heterocycles. The largest absolute Gasteiger partial charge is 1.00 e. The first-order valence-corrected chi connectivity index (χ1v) is 3.15. The Morgan fingerprint density at radius 2 is 1.53 bits per heavy atom. The second-order valence-corrected chi connectivity index (χ2v) is 2.46. The molecule has 0 bridgehead atoms. The van der Waals surface area contributed by atoms with Gasteiger partial charge in [0.15, 0.2) is 5.60 Å². The Kier molecular flexibility index (Phi) is 12.0. The summed E-state index contributed by atoms with van der Waals surface area (Å²) >= 11 is 0. The summed E-state index contributed by atoms with van der Waals surface area (Å²) in [5.41, 5.74) is -2.80. The summed E-state index contributed by atoms with van der Waals surface area (Å²) in [7, 11) is 0. The smallest absolute Gasteiger partial charge is 0.550 e. The van der Waals surface area contributed by atoms with Gasteiger partial charge in [0, 0.05) is 29.2 Å². The van der Waals surface area contributed by atoms with Gasteiger partial charge in [0.2, 0.25) is 0 Å². The van der Waals surface area contributed by atoms with Gasteiger partial charge >= 0.3 is 63.3 Å². The number of hydrogen-bond donors (Lipinski definition) is 3. The number of aliphatic hydroxyl groups is 1. The van der Waals surface area contributed by atoms with Crippen LogP contribution in [0.5, 0.6) is 0 Å². The van der Waals surface area contributed by atoms with E-state index in [-0.39, 0.29) is 68.2 Å². The van der Waals surface area contributed by atoms with Gasteiger partial charge in [-0.05, 0) is 0 Å². The second-order valence-electron chi connectivity index (χ2n) is 2.46. The first kappa shape index (κ1) is 20.9. The Bertz CT molecular complexity index is 238. The maximum atomic E-state index is 10.3. The van der Waals surface area contributed by atoms with E-state index in [1.54, 1.807) is 0 Å². The minimum Gasteiger partial charge on any atom is -0.550 e. The zero-order valence-corrected chi connectivity index (χ0v) is 11.9. The minimum absolute atomic E-state index is 0. The van der Waals surface area contributed by atoms with Crippen LogP contribution in [0.1, 0.15) is 12.8 Å². The van der Waals surface area contributed by atoms with Crippen molar-refractivity contribution < 1.29 is 103 Å². The fourth-order valence-electron chi connectivity index (χ4n) is 0.703. The summed E-state index contributed by atoms with van der Waals surface area (Å²) in [5, 5.41) is 35.5. The Labute approximate surface area is 137 Å². The predicted octanol–water partition coefficient (Wildman–Crippen LogP) is -5.58. The topological polar surface area (TPSA) is 135 Å². The SMILES string of the molecule is O=C([O-])CC(O)(CC(=O)O)C(=O)O.[Co].[K+]. The van der Waals surface area contributed by atoms with E-state index in [2.05, 4.69) is 0 Å². The van der Waals surface area contributed by atoms with Crippen LogP contribution in [0.25, 0.3) is 0 Å². The third kappa shape index (κ3) is 8.33. The molecule has 1 radical (unpaired) electrons. The first-order chi connectivity index (χ1) is 5.78. The minimum atomic E-state index is -2.80. The molecule has 15 heavy (non-hydrogen) atoms. The van der Waals surface area contributed by atoms with Crippen LogP contribution in [-0.4, -0.2) is 38.8 Å². The molecule has 0 aliphatic carbocycles. The molecule has 0 heterocycles. The second kappa shape index (κ2) is 8.64. The fourth-order valence-corrected chi connectivity index (χ4v) is 0.703. The number of hydrogen-bond acceptors (Lipinski definition) is 5. The van der Waals surface area contributed by atoms with Crippen molar-refractivity contribution in [2.24, 2.45) is 0 Å². The van der Waals surface area contributed by atoms with Crippen molar-refractivity contribution in [1.82, 2.24) is 0 Å². The molecule has 0 aromatic heterocycles. The molecular formula is C6H7CoKO7. The van der Waals surface area contributed by atoms with Crippen LogP contribution in [0.15, 0.2) is 0 Å². The monoisotopic (exact) mass is 289 g/mol. The summed E-state index contributed by atoms with van der Waals surface area (Å²) in [6.45, 7) is 0. The van der Waals surface area contributed by atoms with Crippen molar-refractivity contribution >= 4 is 17.9 Å².